The molecule has 0 aromatic carbocycles. The van der Waals surface area contributed by atoms with Crippen molar-refractivity contribution in [3.05, 3.63) is 0 Å². The first-order chi connectivity index (χ1) is 2.81. The molecule has 0 radical (unpaired) electrons. The van der Waals surface area contributed by atoms with Crippen molar-refractivity contribution in [2.24, 2.45) is 0 Å². The zero-order chi connectivity index (χ0) is 4.99. The predicted octanol–water partition coefficient (Wildman–Crippen LogP) is 1.13. The van der Waals surface area contributed by atoms with E-state index in [-0.39, 0.29) is 0 Å². The topological polar surface area (TPSA) is 26.3 Å². The van der Waals surface area contributed by atoms with Crippen molar-refractivity contribution in [3.8, 4) is 0 Å². The van der Waals surface area contributed by atoms with Crippen LogP contribution in [-0.2, 0) is 9.09 Å². The summed E-state index contributed by atoms with van der Waals surface area (Å²) in [6, 6.07) is 0. The van der Waals surface area contributed by atoms with Gasteiger partial charge in [0.05, 0.1) is 0 Å². The Morgan fingerprint density at radius 1 is 1.83 bits per heavy atom. The summed E-state index contributed by atoms with van der Waals surface area (Å²) in [4.78, 5) is 0. The maximum atomic E-state index is 10.1. The average molecular weight is 108 g/mol. The van der Waals surface area contributed by atoms with Crippen LogP contribution >= 0.6 is 8.03 Å². The summed E-state index contributed by atoms with van der Waals surface area (Å²) >= 11 is 0. The van der Waals surface area contributed by atoms with E-state index in [1.54, 1.807) is 0 Å². The molecule has 0 aliphatic carbocycles. The third kappa shape index (κ3) is 2.43. The van der Waals surface area contributed by atoms with E-state index in [2.05, 4.69) is 4.52 Å². The maximum Gasteiger partial charge on any atom is 0.191 e. The Morgan fingerprint density at radius 3 is 2.33 bits per heavy atom. The first-order valence-electron chi connectivity index (χ1n) is 1.88. The second-order valence-corrected chi connectivity index (χ2v) is 2.79. The van der Waals surface area contributed by atoms with Crippen molar-refractivity contribution in [3.63, 3.8) is 0 Å². The number of hydrogen-bond donors (Lipinski definition) is 0. The Hall–Kier alpha value is 0.190. The van der Waals surface area contributed by atoms with Gasteiger partial charge in [0.1, 0.15) is 0 Å². The van der Waals surface area contributed by atoms with Crippen LogP contribution in [0.15, 0.2) is 0 Å². The van der Waals surface area contributed by atoms with Crippen molar-refractivity contribution >= 4 is 8.03 Å². The summed E-state index contributed by atoms with van der Waals surface area (Å²) in [5, 5.41) is 0. The van der Waals surface area contributed by atoms with Crippen molar-refractivity contribution < 1.29 is 9.09 Å². The van der Waals surface area contributed by atoms with E-state index in [0.717, 1.165) is 0 Å². The van der Waals surface area contributed by atoms with Crippen LogP contribution in [0.2, 0.25) is 0 Å². The molecule has 6 heavy (non-hydrogen) atoms. The van der Waals surface area contributed by atoms with Gasteiger partial charge in [-0.2, -0.15) is 0 Å². The van der Waals surface area contributed by atoms with Gasteiger partial charge in [-0.1, -0.05) is 6.92 Å². The molecule has 3 heteroatoms. The highest BCUT2D eigenvalue weighted by Gasteiger charge is 1.83. The van der Waals surface area contributed by atoms with E-state index in [9.17, 15) is 4.57 Å². The van der Waals surface area contributed by atoms with Gasteiger partial charge in [0.25, 0.3) is 0 Å². The van der Waals surface area contributed by atoms with Crippen LogP contribution in [0, 0.1) is 0 Å². The standard InChI is InChI=1S/C3H9O2P/c1-3-6(4)5-2/h6H,3H2,1-2H3. The van der Waals surface area contributed by atoms with Gasteiger partial charge in [-0.25, -0.2) is 0 Å². The average Bonchev–Trinajstić information content (AvgIpc) is 1.65. The van der Waals surface area contributed by atoms with Gasteiger partial charge in [-0.3, -0.25) is 4.57 Å². The molecular formula is C3H9O2P. The first-order valence-corrected chi connectivity index (χ1v) is 3.40. The molecule has 2 nitrogen and oxygen atoms in total. The molecule has 0 rings (SSSR count). The molecule has 0 bridgehead atoms. The fourth-order valence-corrected chi connectivity index (χ4v) is 0.433. The monoisotopic (exact) mass is 108 g/mol. The summed E-state index contributed by atoms with van der Waals surface area (Å²) in [6.07, 6.45) is 0.654. The Morgan fingerprint density at radius 2 is 2.33 bits per heavy atom. The van der Waals surface area contributed by atoms with Gasteiger partial charge >= 0.3 is 0 Å². The Balaban J connectivity index is 2.99. The lowest BCUT2D eigenvalue weighted by Crippen LogP contribution is -1.66. The van der Waals surface area contributed by atoms with E-state index in [0.29, 0.717) is 6.16 Å². The van der Waals surface area contributed by atoms with E-state index < -0.39 is 8.03 Å². The highest BCUT2D eigenvalue weighted by atomic mass is 31.1. The van der Waals surface area contributed by atoms with Crippen LogP contribution in [0.5, 0.6) is 0 Å². The van der Waals surface area contributed by atoms with Gasteiger partial charge in [-0.05, 0) is 0 Å². The van der Waals surface area contributed by atoms with E-state index >= 15 is 0 Å². The highest BCUT2D eigenvalue weighted by molar-refractivity contribution is 7.39. The minimum absolute atomic E-state index is 0.654. The second-order valence-electron chi connectivity index (χ2n) is 0.930. The summed E-state index contributed by atoms with van der Waals surface area (Å²) in [7, 11) is -0.155. The van der Waals surface area contributed by atoms with Gasteiger partial charge in [-0.15, -0.1) is 0 Å². The summed E-state index contributed by atoms with van der Waals surface area (Å²) in [5.74, 6) is 0. The lowest BCUT2D eigenvalue weighted by Gasteiger charge is -1.87. The molecule has 0 N–H and O–H groups in total. The third-order valence-corrected chi connectivity index (χ3v) is 1.55. The van der Waals surface area contributed by atoms with E-state index in [1.165, 1.54) is 7.11 Å². The van der Waals surface area contributed by atoms with Gasteiger partial charge in [0.2, 0.25) is 0 Å². The van der Waals surface area contributed by atoms with Crippen LogP contribution in [0.25, 0.3) is 0 Å². The molecule has 0 saturated carbocycles. The Kier molecular flexibility index (Phi) is 3.49. The molecule has 0 aromatic rings. The highest BCUT2D eigenvalue weighted by Crippen LogP contribution is 2.17. The molecule has 0 heterocycles. The molecule has 1 unspecified atom stereocenters. The zero-order valence-corrected chi connectivity index (χ0v) is 5.02. The van der Waals surface area contributed by atoms with Crippen molar-refractivity contribution in [1.82, 2.24) is 0 Å². The second kappa shape index (κ2) is 3.38. The molecule has 0 amide bonds. The van der Waals surface area contributed by atoms with Crippen LogP contribution in [0.3, 0.4) is 0 Å². The van der Waals surface area contributed by atoms with Gasteiger partial charge in [0.15, 0.2) is 8.03 Å². The molecule has 38 valence electrons. The minimum atomic E-state index is -1.62. The quantitative estimate of drug-likeness (QED) is 0.495. The first kappa shape index (κ1) is 6.19. The van der Waals surface area contributed by atoms with Crippen LogP contribution in [0.1, 0.15) is 6.92 Å². The number of hydrogen-bond acceptors (Lipinski definition) is 2. The molecule has 1 atom stereocenters. The smallest absolute Gasteiger partial charge is 0.191 e. The molecule has 0 fully saturated rings. The van der Waals surface area contributed by atoms with E-state index in [1.807, 2.05) is 6.92 Å². The number of rotatable bonds is 2. The van der Waals surface area contributed by atoms with Crippen LogP contribution in [-0.4, -0.2) is 13.3 Å². The molecule has 0 aromatic heterocycles. The molecule has 0 saturated heterocycles. The predicted molar refractivity (Wildman–Crippen MR) is 26.6 cm³/mol. The largest absolute Gasteiger partial charge is 0.334 e. The van der Waals surface area contributed by atoms with Crippen LogP contribution in [0.4, 0.5) is 0 Å². The third-order valence-electron chi connectivity index (χ3n) is 0.516. The molecule has 0 spiro atoms. The maximum absolute atomic E-state index is 10.1. The van der Waals surface area contributed by atoms with Crippen LogP contribution < -0.4 is 0 Å². The van der Waals surface area contributed by atoms with Gasteiger partial charge < -0.3 is 4.52 Å². The van der Waals surface area contributed by atoms with E-state index in [4.69, 9.17) is 0 Å². The fourth-order valence-electron chi connectivity index (χ4n) is 0.144. The minimum Gasteiger partial charge on any atom is -0.334 e. The summed E-state index contributed by atoms with van der Waals surface area (Å²) in [6.45, 7) is 1.84. The van der Waals surface area contributed by atoms with Crippen molar-refractivity contribution in [2.75, 3.05) is 13.3 Å². The fraction of sp³-hybridized carbons (Fsp3) is 1.00. The molecule has 0 aliphatic heterocycles. The lowest BCUT2D eigenvalue weighted by molar-refractivity contribution is 0.416. The molecule has 0 aliphatic rings. The normalized spacial score (nSPS) is 14.3. The van der Waals surface area contributed by atoms with Crippen molar-refractivity contribution in [1.29, 1.82) is 0 Å². The summed E-state index contributed by atoms with van der Waals surface area (Å²) < 4.78 is 14.6. The Labute approximate surface area is 38.4 Å². The SMILES string of the molecule is CC[PH](=O)OC. The van der Waals surface area contributed by atoms with Gasteiger partial charge in [0, 0.05) is 13.3 Å². The lowest BCUT2D eigenvalue weighted by atomic mass is 11.0. The molecular weight excluding hydrogens is 99.0 g/mol. The van der Waals surface area contributed by atoms with Crippen molar-refractivity contribution in [2.45, 2.75) is 6.92 Å². The Bertz CT molecular complexity index is 46.8. The zero-order valence-electron chi connectivity index (χ0n) is 4.02. The summed E-state index contributed by atoms with van der Waals surface area (Å²) in [5.41, 5.74) is 0.